The SMILES string of the molecule is O=C(ON=C1C2CC3CC(C2)CC1C3)c1ccccc1. The Hall–Kier alpha value is -1.64. The summed E-state index contributed by atoms with van der Waals surface area (Å²) < 4.78 is 0. The van der Waals surface area contributed by atoms with Crippen LogP contribution in [0.3, 0.4) is 0 Å². The molecule has 4 saturated carbocycles. The van der Waals surface area contributed by atoms with Crippen LogP contribution in [0.15, 0.2) is 35.5 Å². The fourth-order valence-corrected chi connectivity index (χ4v) is 4.54. The number of carbonyl (C=O) groups is 1. The lowest BCUT2D eigenvalue weighted by atomic mass is 9.55. The van der Waals surface area contributed by atoms with Crippen molar-refractivity contribution in [3.63, 3.8) is 0 Å². The summed E-state index contributed by atoms with van der Waals surface area (Å²) in [7, 11) is 0. The van der Waals surface area contributed by atoms with Gasteiger partial charge in [0.05, 0.1) is 11.3 Å². The highest BCUT2D eigenvalue weighted by atomic mass is 16.7. The Morgan fingerprint density at radius 1 is 0.950 bits per heavy atom. The molecule has 4 bridgehead atoms. The molecule has 4 aliphatic rings. The van der Waals surface area contributed by atoms with Gasteiger partial charge in [-0.15, -0.1) is 0 Å². The van der Waals surface area contributed by atoms with Gasteiger partial charge in [-0.25, -0.2) is 4.79 Å². The minimum Gasteiger partial charge on any atom is -0.313 e. The Kier molecular flexibility index (Phi) is 2.86. The standard InChI is InChI=1S/C17H19NO2/c19-17(13-4-2-1-3-5-13)20-18-16-14-7-11-6-12(9-14)10-15(16)8-11/h1-5,11-12,14-15H,6-10H2. The smallest absolute Gasteiger partial charge is 0.313 e. The lowest BCUT2D eigenvalue weighted by Crippen LogP contribution is -2.45. The zero-order valence-corrected chi connectivity index (χ0v) is 11.5. The topological polar surface area (TPSA) is 38.7 Å². The van der Waals surface area contributed by atoms with Crippen LogP contribution in [0.2, 0.25) is 0 Å². The van der Waals surface area contributed by atoms with Crippen molar-refractivity contribution in [3.05, 3.63) is 35.9 Å². The Balaban J connectivity index is 1.49. The number of hydrogen-bond acceptors (Lipinski definition) is 3. The van der Waals surface area contributed by atoms with Gasteiger partial charge in [0.25, 0.3) is 0 Å². The summed E-state index contributed by atoms with van der Waals surface area (Å²) in [4.78, 5) is 17.2. The maximum atomic E-state index is 12.0. The van der Waals surface area contributed by atoms with Gasteiger partial charge in [0.2, 0.25) is 0 Å². The number of carbonyl (C=O) groups excluding carboxylic acids is 1. The normalized spacial score (nSPS) is 34.1. The molecule has 4 aliphatic carbocycles. The van der Waals surface area contributed by atoms with E-state index in [9.17, 15) is 4.79 Å². The molecule has 3 heteroatoms. The molecule has 104 valence electrons. The number of nitrogens with zero attached hydrogens (tertiary/aromatic N) is 1. The fourth-order valence-electron chi connectivity index (χ4n) is 4.54. The second-order valence-electron chi connectivity index (χ2n) is 6.57. The van der Waals surface area contributed by atoms with E-state index in [0.29, 0.717) is 17.4 Å². The molecule has 0 N–H and O–H groups in total. The van der Waals surface area contributed by atoms with Crippen LogP contribution in [-0.2, 0) is 4.84 Å². The molecular weight excluding hydrogens is 250 g/mol. The van der Waals surface area contributed by atoms with Crippen molar-refractivity contribution < 1.29 is 9.63 Å². The van der Waals surface area contributed by atoms with Gasteiger partial charge in [-0.2, -0.15) is 0 Å². The van der Waals surface area contributed by atoms with E-state index in [1.807, 2.05) is 18.2 Å². The lowest BCUT2D eigenvalue weighted by molar-refractivity contribution is 0.0483. The first-order valence-electron chi connectivity index (χ1n) is 7.63. The van der Waals surface area contributed by atoms with Crippen molar-refractivity contribution in [2.45, 2.75) is 32.1 Å². The minimum absolute atomic E-state index is 0.341. The lowest BCUT2D eigenvalue weighted by Gasteiger charge is -2.49. The minimum atomic E-state index is -0.341. The van der Waals surface area contributed by atoms with Crippen LogP contribution in [0, 0.1) is 23.7 Å². The quantitative estimate of drug-likeness (QED) is 0.607. The Morgan fingerprint density at radius 2 is 1.55 bits per heavy atom. The number of oxime groups is 1. The summed E-state index contributed by atoms with van der Waals surface area (Å²) in [5, 5.41) is 4.27. The molecule has 0 spiro atoms. The third-order valence-corrected chi connectivity index (χ3v) is 5.22. The predicted octanol–water partition coefficient (Wildman–Crippen LogP) is 3.66. The number of rotatable bonds is 2. The van der Waals surface area contributed by atoms with Crippen molar-refractivity contribution in [3.8, 4) is 0 Å². The van der Waals surface area contributed by atoms with Crippen molar-refractivity contribution in [2.24, 2.45) is 28.8 Å². The molecule has 0 amide bonds. The molecule has 5 rings (SSSR count). The van der Waals surface area contributed by atoms with Gasteiger partial charge in [-0.3, -0.25) is 0 Å². The molecule has 1 aromatic carbocycles. The zero-order valence-electron chi connectivity index (χ0n) is 11.5. The summed E-state index contributed by atoms with van der Waals surface area (Å²) in [5.41, 5.74) is 1.74. The van der Waals surface area contributed by atoms with E-state index in [1.54, 1.807) is 12.1 Å². The first-order chi connectivity index (χ1) is 9.79. The van der Waals surface area contributed by atoms with Crippen LogP contribution in [0.5, 0.6) is 0 Å². The van der Waals surface area contributed by atoms with Gasteiger partial charge < -0.3 is 4.84 Å². The fraction of sp³-hybridized carbons (Fsp3) is 0.529. The predicted molar refractivity (Wildman–Crippen MR) is 76.3 cm³/mol. The van der Waals surface area contributed by atoms with E-state index in [0.717, 1.165) is 11.8 Å². The van der Waals surface area contributed by atoms with Crippen molar-refractivity contribution in [1.29, 1.82) is 0 Å². The zero-order chi connectivity index (χ0) is 13.5. The summed E-state index contributed by atoms with van der Waals surface area (Å²) in [6.07, 6.45) is 6.46. The van der Waals surface area contributed by atoms with Crippen LogP contribution in [0.4, 0.5) is 0 Å². The molecule has 0 saturated heterocycles. The van der Waals surface area contributed by atoms with Crippen LogP contribution in [0.1, 0.15) is 42.5 Å². The van der Waals surface area contributed by atoms with Crippen LogP contribution in [-0.4, -0.2) is 11.7 Å². The molecule has 0 aromatic heterocycles. The molecule has 0 radical (unpaired) electrons. The second-order valence-corrected chi connectivity index (χ2v) is 6.57. The van der Waals surface area contributed by atoms with E-state index >= 15 is 0 Å². The Morgan fingerprint density at radius 3 is 2.15 bits per heavy atom. The van der Waals surface area contributed by atoms with E-state index < -0.39 is 0 Å². The summed E-state index contributed by atoms with van der Waals surface area (Å²) in [6.45, 7) is 0. The van der Waals surface area contributed by atoms with Crippen molar-refractivity contribution in [1.82, 2.24) is 0 Å². The number of hydrogen-bond donors (Lipinski definition) is 0. The molecule has 0 unspecified atom stereocenters. The summed E-state index contributed by atoms with van der Waals surface area (Å²) in [6, 6.07) is 9.10. The largest absolute Gasteiger partial charge is 0.365 e. The molecule has 4 fully saturated rings. The monoisotopic (exact) mass is 269 g/mol. The maximum Gasteiger partial charge on any atom is 0.365 e. The highest BCUT2D eigenvalue weighted by Crippen LogP contribution is 2.52. The molecule has 1 aromatic rings. The summed E-state index contributed by atoms with van der Waals surface area (Å²) in [5.74, 6) is 2.62. The Labute approximate surface area is 119 Å². The Bertz CT molecular complexity index is 519. The average Bonchev–Trinajstić information content (AvgIpc) is 2.46. The first-order valence-corrected chi connectivity index (χ1v) is 7.63. The van der Waals surface area contributed by atoms with Crippen LogP contribution < -0.4 is 0 Å². The molecule has 0 aliphatic heterocycles. The van der Waals surface area contributed by atoms with Crippen molar-refractivity contribution in [2.75, 3.05) is 0 Å². The highest BCUT2D eigenvalue weighted by molar-refractivity contribution is 5.93. The van der Waals surface area contributed by atoms with Gasteiger partial charge in [-0.1, -0.05) is 23.4 Å². The van der Waals surface area contributed by atoms with Gasteiger partial charge in [0.15, 0.2) is 0 Å². The van der Waals surface area contributed by atoms with Gasteiger partial charge in [0, 0.05) is 11.8 Å². The van der Waals surface area contributed by atoms with Crippen LogP contribution in [0.25, 0.3) is 0 Å². The van der Waals surface area contributed by atoms with Crippen molar-refractivity contribution >= 4 is 11.7 Å². The van der Waals surface area contributed by atoms with Gasteiger partial charge in [-0.05, 0) is 56.1 Å². The number of benzene rings is 1. The third-order valence-electron chi connectivity index (χ3n) is 5.22. The molecule has 20 heavy (non-hydrogen) atoms. The van der Waals surface area contributed by atoms with Gasteiger partial charge in [0.1, 0.15) is 0 Å². The first kappa shape index (κ1) is 12.1. The van der Waals surface area contributed by atoms with E-state index in [1.165, 1.54) is 37.8 Å². The molecular formula is C17H19NO2. The van der Waals surface area contributed by atoms with Crippen LogP contribution >= 0.6 is 0 Å². The maximum absolute atomic E-state index is 12.0. The molecule has 0 atom stereocenters. The molecule has 0 heterocycles. The van der Waals surface area contributed by atoms with E-state index in [4.69, 9.17) is 4.84 Å². The van der Waals surface area contributed by atoms with Gasteiger partial charge >= 0.3 is 5.97 Å². The molecule has 3 nitrogen and oxygen atoms in total. The van der Waals surface area contributed by atoms with E-state index in [-0.39, 0.29) is 5.97 Å². The third kappa shape index (κ3) is 2.05. The van der Waals surface area contributed by atoms with E-state index in [2.05, 4.69) is 5.16 Å². The second kappa shape index (κ2) is 4.72. The highest BCUT2D eigenvalue weighted by Gasteiger charge is 2.46. The summed E-state index contributed by atoms with van der Waals surface area (Å²) >= 11 is 0. The average molecular weight is 269 g/mol.